The molecule has 0 saturated heterocycles. The topological polar surface area (TPSA) is 72.9 Å². The second kappa shape index (κ2) is 12.5. The van der Waals surface area contributed by atoms with Gasteiger partial charge in [0.15, 0.2) is 0 Å². The van der Waals surface area contributed by atoms with Gasteiger partial charge in [0.05, 0.1) is 18.4 Å². The van der Waals surface area contributed by atoms with Gasteiger partial charge < -0.3 is 19.0 Å². The van der Waals surface area contributed by atoms with Crippen LogP contribution in [0.25, 0.3) is 11.3 Å². The molecule has 0 aliphatic heterocycles. The fourth-order valence-electron chi connectivity index (χ4n) is 4.54. The van der Waals surface area contributed by atoms with Crippen LogP contribution in [-0.4, -0.2) is 39.0 Å². The van der Waals surface area contributed by atoms with Crippen molar-refractivity contribution in [3.8, 4) is 28.6 Å². The Morgan fingerprint density at radius 2 is 1.62 bits per heavy atom. The molecule has 0 amide bonds. The number of aromatic nitrogens is 2. The van der Waals surface area contributed by atoms with Crippen molar-refractivity contribution in [2.24, 2.45) is 7.05 Å². The minimum Gasteiger partial charge on any atom is -0.491 e. The predicted molar refractivity (Wildman–Crippen MR) is 151 cm³/mol. The average molecular weight is 524 g/mol. The van der Waals surface area contributed by atoms with E-state index >= 15 is 0 Å². The van der Waals surface area contributed by atoms with Crippen molar-refractivity contribution in [3.63, 3.8) is 0 Å². The van der Waals surface area contributed by atoms with E-state index in [0.29, 0.717) is 25.5 Å². The second-order valence-corrected chi connectivity index (χ2v) is 9.52. The Labute approximate surface area is 228 Å². The summed E-state index contributed by atoms with van der Waals surface area (Å²) in [6, 6.07) is 31.4. The standard InChI is InChI=1S/C32H33N3O4/c1-24-12-9-10-18-30(24)38-23-26(36)20-35(21-28-17-11-19-37-28)22-29-31(25-13-5-3-6-14-25)33-34(2)32(29)39-27-15-7-4-8-16-27/h3-19,26,36H,20-23H2,1-2H3/t26-/m1/s1. The Hall–Kier alpha value is -4.33. The first kappa shape index (κ1) is 26.3. The largest absolute Gasteiger partial charge is 0.491 e. The smallest absolute Gasteiger partial charge is 0.222 e. The number of rotatable bonds is 12. The fraction of sp³-hybridized carbons (Fsp3) is 0.219. The van der Waals surface area contributed by atoms with Gasteiger partial charge in [-0.1, -0.05) is 66.7 Å². The van der Waals surface area contributed by atoms with E-state index in [1.807, 2.05) is 111 Å². The molecule has 7 heteroatoms. The van der Waals surface area contributed by atoms with Crippen molar-refractivity contribution >= 4 is 0 Å². The molecule has 2 aromatic heterocycles. The number of aliphatic hydroxyl groups excluding tert-OH is 1. The summed E-state index contributed by atoms with van der Waals surface area (Å²) in [4.78, 5) is 2.13. The summed E-state index contributed by atoms with van der Waals surface area (Å²) in [6.45, 7) is 3.50. The van der Waals surface area contributed by atoms with Gasteiger partial charge in [0.25, 0.3) is 0 Å². The Kier molecular flexibility index (Phi) is 8.41. The van der Waals surface area contributed by atoms with Crippen molar-refractivity contribution in [2.45, 2.75) is 26.1 Å². The van der Waals surface area contributed by atoms with Crippen molar-refractivity contribution in [1.29, 1.82) is 0 Å². The van der Waals surface area contributed by atoms with E-state index < -0.39 is 6.10 Å². The molecule has 1 N–H and O–H groups in total. The van der Waals surface area contributed by atoms with Gasteiger partial charge in [-0.25, -0.2) is 4.68 Å². The molecule has 0 aliphatic rings. The molecule has 2 heterocycles. The highest BCUT2D eigenvalue weighted by Gasteiger charge is 2.24. The van der Waals surface area contributed by atoms with Crippen molar-refractivity contribution in [3.05, 3.63) is 120 Å². The van der Waals surface area contributed by atoms with E-state index in [1.54, 1.807) is 10.9 Å². The van der Waals surface area contributed by atoms with Crippen LogP contribution in [0.5, 0.6) is 17.4 Å². The van der Waals surface area contributed by atoms with Gasteiger partial charge in [-0.2, -0.15) is 5.10 Å². The normalized spacial score (nSPS) is 12.0. The van der Waals surface area contributed by atoms with Crippen LogP contribution in [0, 0.1) is 6.92 Å². The summed E-state index contributed by atoms with van der Waals surface area (Å²) < 4.78 is 19.7. The molecule has 0 bridgehead atoms. The molecule has 0 radical (unpaired) electrons. The zero-order valence-corrected chi connectivity index (χ0v) is 22.2. The summed E-state index contributed by atoms with van der Waals surface area (Å²) in [5, 5.41) is 15.9. The third kappa shape index (κ3) is 6.76. The van der Waals surface area contributed by atoms with Gasteiger partial charge in [-0.15, -0.1) is 0 Å². The van der Waals surface area contributed by atoms with Crippen LogP contribution >= 0.6 is 0 Å². The number of ether oxygens (including phenoxy) is 2. The molecule has 1 atom stereocenters. The molecular weight excluding hydrogens is 490 g/mol. The van der Waals surface area contributed by atoms with Crippen molar-refractivity contribution in [1.82, 2.24) is 14.7 Å². The molecule has 0 fully saturated rings. The summed E-state index contributed by atoms with van der Waals surface area (Å²) in [5.74, 6) is 2.95. The molecular formula is C32H33N3O4. The summed E-state index contributed by atoms with van der Waals surface area (Å²) in [6.07, 6.45) is 0.934. The number of para-hydroxylation sites is 2. The van der Waals surface area contributed by atoms with Crippen LogP contribution in [0.2, 0.25) is 0 Å². The van der Waals surface area contributed by atoms with E-state index in [1.165, 1.54) is 0 Å². The number of hydrogen-bond donors (Lipinski definition) is 1. The quantitative estimate of drug-likeness (QED) is 0.209. The maximum Gasteiger partial charge on any atom is 0.222 e. The maximum atomic E-state index is 11.0. The molecule has 0 spiro atoms. The Balaban J connectivity index is 1.43. The number of aryl methyl sites for hydroxylation is 2. The number of aliphatic hydroxyl groups is 1. The third-order valence-corrected chi connectivity index (χ3v) is 6.43. The van der Waals surface area contributed by atoms with Crippen LogP contribution in [0.15, 0.2) is 108 Å². The average Bonchev–Trinajstić information content (AvgIpc) is 3.57. The SMILES string of the molecule is Cc1ccccc1OC[C@H](O)CN(Cc1ccco1)Cc1c(-c2ccccc2)nn(C)c1Oc1ccccc1. The fourth-order valence-corrected chi connectivity index (χ4v) is 4.54. The molecule has 3 aromatic carbocycles. The highest BCUT2D eigenvalue weighted by Crippen LogP contribution is 2.34. The molecule has 0 saturated carbocycles. The summed E-state index contributed by atoms with van der Waals surface area (Å²) in [5.41, 5.74) is 3.78. The Bertz CT molecular complexity index is 1450. The predicted octanol–water partition coefficient (Wildman–Crippen LogP) is 6.22. The van der Waals surface area contributed by atoms with E-state index in [-0.39, 0.29) is 6.61 Å². The molecule has 0 unspecified atom stereocenters. The zero-order valence-electron chi connectivity index (χ0n) is 22.2. The van der Waals surface area contributed by atoms with E-state index in [9.17, 15) is 5.11 Å². The van der Waals surface area contributed by atoms with Crippen molar-refractivity contribution < 1.29 is 19.0 Å². The molecule has 7 nitrogen and oxygen atoms in total. The van der Waals surface area contributed by atoms with Crippen molar-refractivity contribution in [2.75, 3.05) is 13.2 Å². The van der Waals surface area contributed by atoms with Crippen LogP contribution in [-0.2, 0) is 20.1 Å². The molecule has 5 rings (SSSR count). The molecule has 39 heavy (non-hydrogen) atoms. The minimum atomic E-state index is -0.727. The zero-order chi connectivity index (χ0) is 27.0. The lowest BCUT2D eigenvalue weighted by molar-refractivity contribution is 0.0600. The first-order valence-electron chi connectivity index (χ1n) is 13.0. The monoisotopic (exact) mass is 523 g/mol. The van der Waals surface area contributed by atoms with E-state index in [2.05, 4.69) is 4.90 Å². The third-order valence-electron chi connectivity index (χ3n) is 6.43. The first-order chi connectivity index (χ1) is 19.1. The minimum absolute atomic E-state index is 0.172. The second-order valence-electron chi connectivity index (χ2n) is 9.52. The Morgan fingerprint density at radius 1 is 0.897 bits per heavy atom. The first-order valence-corrected chi connectivity index (χ1v) is 13.0. The van der Waals surface area contributed by atoms with Gasteiger partial charge in [0.2, 0.25) is 5.88 Å². The van der Waals surface area contributed by atoms with Gasteiger partial charge in [-0.05, 0) is 42.8 Å². The van der Waals surface area contributed by atoms with Gasteiger partial charge in [-0.3, -0.25) is 4.90 Å². The number of benzene rings is 3. The molecule has 0 aliphatic carbocycles. The van der Waals surface area contributed by atoms with Gasteiger partial charge in [0, 0.05) is 25.7 Å². The van der Waals surface area contributed by atoms with Gasteiger partial charge in [0.1, 0.15) is 35.7 Å². The Morgan fingerprint density at radius 3 is 2.33 bits per heavy atom. The maximum absolute atomic E-state index is 11.0. The number of hydrogen-bond acceptors (Lipinski definition) is 6. The van der Waals surface area contributed by atoms with Crippen LogP contribution in [0.4, 0.5) is 0 Å². The van der Waals surface area contributed by atoms with Gasteiger partial charge >= 0.3 is 0 Å². The molecule has 200 valence electrons. The lowest BCUT2D eigenvalue weighted by atomic mass is 10.1. The summed E-state index contributed by atoms with van der Waals surface area (Å²) in [7, 11) is 1.88. The van der Waals surface area contributed by atoms with E-state index in [0.717, 1.165) is 39.6 Å². The highest BCUT2D eigenvalue weighted by atomic mass is 16.5. The van der Waals surface area contributed by atoms with E-state index in [4.69, 9.17) is 19.0 Å². The highest BCUT2D eigenvalue weighted by molar-refractivity contribution is 5.65. The lowest BCUT2D eigenvalue weighted by Crippen LogP contribution is -2.35. The van der Waals surface area contributed by atoms with Crippen LogP contribution < -0.4 is 9.47 Å². The lowest BCUT2D eigenvalue weighted by Gasteiger charge is -2.25. The van der Waals surface area contributed by atoms with Crippen LogP contribution in [0.1, 0.15) is 16.9 Å². The summed E-state index contributed by atoms with van der Waals surface area (Å²) >= 11 is 0. The number of furan rings is 1. The number of nitrogens with zero attached hydrogens (tertiary/aromatic N) is 3. The molecule has 5 aromatic rings. The van der Waals surface area contributed by atoms with Crippen LogP contribution in [0.3, 0.4) is 0 Å².